The number of nitrogens with one attached hydrogen (secondary N) is 2. The molecule has 2 amide bonds. The normalized spacial score (nSPS) is 18.9. The van der Waals surface area contributed by atoms with Gasteiger partial charge in [0, 0.05) is 30.6 Å². The Kier molecular flexibility index (Phi) is 8.69. The van der Waals surface area contributed by atoms with Gasteiger partial charge in [0.15, 0.2) is 8.32 Å². The summed E-state index contributed by atoms with van der Waals surface area (Å²) in [5, 5.41) is 6.23. The van der Waals surface area contributed by atoms with Crippen molar-refractivity contribution in [3.63, 3.8) is 0 Å². The number of carbonyl (C=O) groups excluding carboxylic acids is 1. The minimum Gasteiger partial charge on any atom is -0.414 e. The Morgan fingerprint density at radius 1 is 1.00 bits per heavy atom. The van der Waals surface area contributed by atoms with Gasteiger partial charge in [-0.25, -0.2) is 4.79 Å². The van der Waals surface area contributed by atoms with Gasteiger partial charge in [-0.3, -0.25) is 0 Å². The molecule has 0 saturated carbocycles. The lowest BCUT2D eigenvalue weighted by atomic mass is 9.88. The van der Waals surface area contributed by atoms with Crippen molar-refractivity contribution in [2.24, 2.45) is 0 Å². The van der Waals surface area contributed by atoms with E-state index in [1.165, 1.54) is 17.7 Å². The molecule has 0 saturated heterocycles. The molecule has 9 heteroatoms. The van der Waals surface area contributed by atoms with Gasteiger partial charge in [0.25, 0.3) is 0 Å². The van der Waals surface area contributed by atoms with Gasteiger partial charge < -0.3 is 20.0 Å². The number of hydrogen-bond donors (Lipinski definition) is 2. The Morgan fingerprint density at radius 3 is 2.44 bits per heavy atom. The van der Waals surface area contributed by atoms with Crippen LogP contribution in [0.15, 0.2) is 66.7 Å². The van der Waals surface area contributed by atoms with Gasteiger partial charge in [-0.2, -0.15) is 13.2 Å². The number of amides is 2. The van der Waals surface area contributed by atoms with E-state index in [-0.39, 0.29) is 17.2 Å². The van der Waals surface area contributed by atoms with E-state index in [1.54, 1.807) is 0 Å². The van der Waals surface area contributed by atoms with Crippen molar-refractivity contribution >= 4 is 25.7 Å². The fourth-order valence-corrected chi connectivity index (χ4v) is 7.24. The summed E-state index contributed by atoms with van der Waals surface area (Å²) in [6.07, 6.45) is -1.20. The molecule has 5 nitrogen and oxygen atoms in total. The van der Waals surface area contributed by atoms with E-state index in [2.05, 4.69) is 50.6 Å². The molecule has 1 aliphatic heterocycles. The van der Waals surface area contributed by atoms with Crippen LogP contribution >= 0.6 is 0 Å². The van der Waals surface area contributed by atoms with E-state index in [1.807, 2.05) is 47.4 Å². The lowest BCUT2D eigenvalue weighted by Crippen LogP contribution is -2.45. The van der Waals surface area contributed by atoms with Crippen LogP contribution in [-0.4, -0.2) is 27.0 Å². The van der Waals surface area contributed by atoms with E-state index >= 15 is 0 Å². The van der Waals surface area contributed by atoms with Crippen molar-refractivity contribution < 1.29 is 22.4 Å². The monoisotopic (exact) mass is 609 g/mol. The number of alkyl halides is 3. The van der Waals surface area contributed by atoms with Crippen LogP contribution in [0.5, 0.6) is 0 Å². The highest BCUT2D eigenvalue weighted by Gasteiger charge is 2.40. The molecule has 0 radical (unpaired) electrons. The third-order valence-electron chi connectivity index (χ3n) is 9.24. The van der Waals surface area contributed by atoms with Crippen LogP contribution in [0.3, 0.4) is 0 Å². The Hall–Kier alpha value is -3.30. The van der Waals surface area contributed by atoms with Gasteiger partial charge in [-0.15, -0.1) is 0 Å². The average molecular weight is 610 g/mol. The third-order valence-corrected chi connectivity index (χ3v) is 13.8. The zero-order valence-corrected chi connectivity index (χ0v) is 26.6. The van der Waals surface area contributed by atoms with E-state index < -0.39 is 26.1 Å². The SMILES string of the molecule is CC(C)(C)[Si](C)(C)OC1CCc2cccc(NC(=O)NC3CCN(Cc4ccccc4)c4cc(C(F)(F)F)ccc43)c2C1. The fraction of sp³-hybridized carbons (Fsp3) is 0.441. The second-order valence-corrected chi connectivity index (χ2v) is 18.1. The van der Waals surface area contributed by atoms with Crippen molar-refractivity contribution in [2.75, 3.05) is 16.8 Å². The Balaban J connectivity index is 1.33. The van der Waals surface area contributed by atoms with Gasteiger partial charge in [-0.1, -0.05) is 69.3 Å². The summed E-state index contributed by atoms with van der Waals surface area (Å²) >= 11 is 0. The van der Waals surface area contributed by atoms with E-state index in [0.717, 1.165) is 42.1 Å². The number of anilines is 2. The number of nitrogens with zero attached hydrogens (tertiary/aromatic N) is 1. The van der Waals surface area contributed by atoms with Crippen LogP contribution in [0, 0.1) is 0 Å². The molecule has 0 fully saturated rings. The molecule has 0 spiro atoms. The molecule has 3 aromatic carbocycles. The van der Waals surface area contributed by atoms with Crippen LogP contribution < -0.4 is 15.5 Å². The molecule has 0 aromatic heterocycles. The molecule has 5 rings (SSSR count). The van der Waals surface area contributed by atoms with Crippen LogP contribution in [0.4, 0.5) is 29.3 Å². The number of hydrogen-bond acceptors (Lipinski definition) is 3. The largest absolute Gasteiger partial charge is 0.416 e. The first-order chi connectivity index (χ1) is 20.2. The predicted octanol–water partition coefficient (Wildman–Crippen LogP) is 8.86. The number of halogens is 3. The van der Waals surface area contributed by atoms with Crippen LogP contribution in [0.1, 0.15) is 67.5 Å². The molecule has 2 unspecified atom stereocenters. The molecule has 3 aromatic rings. The van der Waals surface area contributed by atoms with Crippen LogP contribution in [0.2, 0.25) is 18.1 Å². The zero-order chi connectivity index (χ0) is 31.0. The van der Waals surface area contributed by atoms with Crippen molar-refractivity contribution in [3.8, 4) is 0 Å². The first-order valence-corrected chi connectivity index (χ1v) is 18.0. The van der Waals surface area contributed by atoms with E-state index in [4.69, 9.17) is 4.43 Å². The molecule has 2 atom stereocenters. The van der Waals surface area contributed by atoms with E-state index in [9.17, 15) is 18.0 Å². The average Bonchev–Trinajstić information content (AvgIpc) is 2.93. The number of fused-ring (bicyclic) bond motifs is 2. The maximum Gasteiger partial charge on any atom is 0.416 e. The third kappa shape index (κ3) is 7.10. The second kappa shape index (κ2) is 12.0. The molecular weight excluding hydrogens is 567 g/mol. The van der Waals surface area contributed by atoms with Crippen LogP contribution in [0.25, 0.3) is 0 Å². The molecule has 2 aliphatic rings. The highest BCUT2D eigenvalue weighted by atomic mass is 28.4. The first kappa shape index (κ1) is 31.1. The molecule has 230 valence electrons. The number of benzene rings is 3. The molecule has 1 heterocycles. The van der Waals surface area contributed by atoms with Crippen molar-refractivity contribution in [1.82, 2.24) is 5.32 Å². The first-order valence-electron chi connectivity index (χ1n) is 15.1. The molecule has 0 bridgehead atoms. The minimum atomic E-state index is -4.45. The summed E-state index contributed by atoms with van der Waals surface area (Å²) in [6.45, 7) is 12.2. The maximum atomic E-state index is 13.7. The van der Waals surface area contributed by atoms with Crippen molar-refractivity contribution in [2.45, 2.75) is 89.5 Å². The Morgan fingerprint density at radius 2 is 1.74 bits per heavy atom. The summed E-state index contributed by atoms with van der Waals surface area (Å²) in [5.74, 6) is 0. The summed E-state index contributed by atoms with van der Waals surface area (Å²) in [4.78, 5) is 15.3. The summed E-state index contributed by atoms with van der Waals surface area (Å²) in [5.41, 5.74) is 4.57. The van der Waals surface area contributed by atoms with Gasteiger partial charge in [0.1, 0.15) is 0 Å². The van der Waals surface area contributed by atoms with Gasteiger partial charge in [0.05, 0.1) is 11.6 Å². The lowest BCUT2D eigenvalue weighted by Gasteiger charge is -2.41. The summed E-state index contributed by atoms with van der Waals surface area (Å²) in [7, 11) is -1.95. The summed E-state index contributed by atoms with van der Waals surface area (Å²) in [6, 6.07) is 18.7. The molecular formula is C34H42F3N3O2Si. The van der Waals surface area contributed by atoms with Crippen molar-refractivity contribution in [3.05, 3.63) is 94.5 Å². The quantitative estimate of drug-likeness (QED) is 0.275. The van der Waals surface area contributed by atoms with Gasteiger partial charge in [0.2, 0.25) is 0 Å². The molecule has 2 N–H and O–H groups in total. The standard InChI is InChI=1S/C34H42F3N3O2Si/c1-33(2,3)43(4,5)42-26-16-14-24-12-9-13-29(28(24)21-26)38-32(41)39-30-18-19-40(22-23-10-7-6-8-11-23)31-20-25(34(35,36)37)15-17-27(30)31/h6-13,15,17,20,26,30H,14,16,18-19,21-22H2,1-5H3,(H2,38,39,41). The van der Waals surface area contributed by atoms with Gasteiger partial charge in [-0.05, 0) is 84.3 Å². The lowest BCUT2D eigenvalue weighted by molar-refractivity contribution is -0.137. The highest BCUT2D eigenvalue weighted by molar-refractivity contribution is 6.74. The maximum absolute atomic E-state index is 13.7. The highest BCUT2D eigenvalue weighted by Crippen LogP contribution is 2.41. The van der Waals surface area contributed by atoms with Gasteiger partial charge >= 0.3 is 12.2 Å². The topological polar surface area (TPSA) is 53.6 Å². The number of carbonyl (C=O) groups is 1. The zero-order valence-electron chi connectivity index (χ0n) is 25.6. The van der Waals surface area contributed by atoms with E-state index in [0.29, 0.717) is 30.8 Å². The predicted molar refractivity (Wildman–Crippen MR) is 169 cm³/mol. The molecule has 1 aliphatic carbocycles. The summed E-state index contributed by atoms with van der Waals surface area (Å²) < 4.78 is 47.7. The molecule has 43 heavy (non-hydrogen) atoms. The number of aryl methyl sites for hydroxylation is 1. The fourth-order valence-electron chi connectivity index (χ4n) is 5.85. The second-order valence-electron chi connectivity index (χ2n) is 13.3. The Labute approximate surface area is 254 Å². The number of urea groups is 1. The smallest absolute Gasteiger partial charge is 0.414 e. The minimum absolute atomic E-state index is 0.100. The van der Waals surface area contributed by atoms with Crippen molar-refractivity contribution in [1.29, 1.82) is 0 Å². The van der Waals surface area contributed by atoms with Crippen LogP contribution in [-0.2, 0) is 30.0 Å². The number of rotatable bonds is 6. The Bertz CT molecular complexity index is 1450.